The normalized spacial score (nSPS) is 11.0. The molecule has 0 aromatic carbocycles. The zero-order valence-corrected chi connectivity index (χ0v) is 16.5. The standard InChI is InChI=1S/C18H17ClN8O2/c1-27-10-20-9-14(27)12-3-4-13-15(24-12)16(26-17(19)25-13)23-11-7-21-18(22-8-11)29-6-5-28-2/h3-4,7-10H,5-6H2,1-2H3,(H,23,25,26). The molecule has 0 radical (unpaired) electrons. The van der Waals surface area contributed by atoms with Crippen LogP contribution in [0.15, 0.2) is 37.1 Å². The van der Waals surface area contributed by atoms with E-state index in [-0.39, 0.29) is 11.3 Å². The number of imidazole rings is 1. The molecule has 0 spiro atoms. The smallest absolute Gasteiger partial charge is 0.316 e. The summed E-state index contributed by atoms with van der Waals surface area (Å²) in [7, 11) is 3.50. The molecule has 4 heterocycles. The average Bonchev–Trinajstić information content (AvgIpc) is 3.15. The van der Waals surface area contributed by atoms with Gasteiger partial charge in [-0.05, 0) is 23.7 Å². The second-order valence-electron chi connectivity index (χ2n) is 6.02. The number of aromatic nitrogens is 7. The summed E-state index contributed by atoms with van der Waals surface area (Å²) in [5, 5.41) is 3.25. The molecule has 4 aromatic heterocycles. The maximum Gasteiger partial charge on any atom is 0.316 e. The number of nitrogens with one attached hydrogen (secondary N) is 1. The predicted molar refractivity (Wildman–Crippen MR) is 107 cm³/mol. The van der Waals surface area contributed by atoms with E-state index in [1.54, 1.807) is 32.0 Å². The number of hydrogen-bond acceptors (Lipinski definition) is 9. The minimum atomic E-state index is 0.107. The SMILES string of the molecule is COCCOc1ncc(Nc2nc(Cl)nc3ccc(-c4cncn4C)nc23)cn1. The number of nitrogens with zero attached hydrogens (tertiary/aromatic N) is 7. The number of aryl methyl sites for hydroxylation is 1. The Balaban J connectivity index is 1.65. The second kappa shape index (κ2) is 8.33. The van der Waals surface area contributed by atoms with E-state index in [4.69, 9.17) is 26.1 Å². The van der Waals surface area contributed by atoms with Crippen molar-refractivity contribution in [2.45, 2.75) is 0 Å². The summed E-state index contributed by atoms with van der Waals surface area (Å²) in [6.07, 6.45) is 6.63. The quantitative estimate of drug-likeness (QED) is 0.361. The first-order valence-electron chi connectivity index (χ1n) is 8.66. The number of methoxy groups -OCH3 is 1. The van der Waals surface area contributed by atoms with Crippen molar-refractivity contribution in [2.24, 2.45) is 7.05 Å². The number of fused-ring (bicyclic) bond motifs is 1. The zero-order chi connectivity index (χ0) is 20.2. The summed E-state index contributed by atoms with van der Waals surface area (Å²) in [5.74, 6) is 0.445. The van der Waals surface area contributed by atoms with Crippen LogP contribution in [0.3, 0.4) is 0 Å². The van der Waals surface area contributed by atoms with Gasteiger partial charge in [0, 0.05) is 14.2 Å². The molecule has 0 unspecified atom stereocenters. The molecule has 4 aromatic rings. The maximum atomic E-state index is 6.08. The van der Waals surface area contributed by atoms with Crippen molar-refractivity contribution in [1.82, 2.24) is 34.5 Å². The minimum Gasteiger partial charge on any atom is -0.461 e. The van der Waals surface area contributed by atoms with E-state index in [9.17, 15) is 0 Å². The fourth-order valence-electron chi connectivity index (χ4n) is 2.63. The molecule has 0 saturated heterocycles. The molecule has 0 fully saturated rings. The molecule has 4 rings (SSSR count). The molecule has 0 atom stereocenters. The molecule has 0 aliphatic heterocycles. The van der Waals surface area contributed by atoms with Crippen LogP contribution < -0.4 is 10.1 Å². The fourth-order valence-corrected chi connectivity index (χ4v) is 2.80. The van der Waals surface area contributed by atoms with Crippen LogP contribution in [0.25, 0.3) is 22.4 Å². The highest BCUT2D eigenvalue weighted by atomic mass is 35.5. The molecule has 0 saturated carbocycles. The molecular formula is C18H17ClN8O2. The van der Waals surface area contributed by atoms with E-state index in [1.165, 1.54) is 0 Å². The van der Waals surface area contributed by atoms with Crippen molar-refractivity contribution in [3.63, 3.8) is 0 Å². The molecule has 1 N–H and O–H groups in total. The second-order valence-corrected chi connectivity index (χ2v) is 6.35. The minimum absolute atomic E-state index is 0.107. The Morgan fingerprint density at radius 2 is 1.90 bits per heavy atom. The predicted octanol–water partition coefficient (Wildman–Crippen LogP) is 2.64. The van der Waals surface area contributed by atoms with Crippen LogP contribution in [0, 0.1) is 0 Å². The molecule has 148 valence electrons. The third kappa shape index (κ3) is 4.23. The summed E-state index contributed by atoms with van der Waals surface area (Å²) in [6.45, 7) is 0.829. The highest BCUT2D eigenvalue weighted by Gasteiger charge is 2.12. The maximum absolute atomic E-state index is 6.08. The lowest BCUT2D eigenvalue weighted by Crippen LogP contribution is -2.07. The lowest BCUT2D eigenvalue weighted by atomic mass is 10.2. The number of ether oxygens (including phenoxy) is 2. The van der Waals surface area contributed by atoms with Gasteiger partial charge < -0.3 is 19.4 Å². The van der Waals surface area contributed by atoms with Crippen LogP contribution in [-0.4, -0.2) is 54.8 Å². The van der Waals surface area contributed by atoms with Gasteiger partial charge in [-0.15, -0.1) is 0 Å². The van der Waals surface area contributed by atoms with Crippen LogP contribution >= 0.6 is 11.6 Å². The van der Waals surface area contributed by atoms with Gasteiger partial charge in [0.1, 0.15) is 12.1 Å². The van der Waals surface area contributed by atoms with Crippen LogP contribution in [0.2, 0.25) is 5.28 Å². The van der Waals surface area contributed by atoms with Crippen LogP contribution in [0.1, 0.15) is 0 Å². The number of anilines is 2. The van der Waals surface area contributed by atoms with Crippen molar-refractivity contribution < 1.29 is 9.47 Å². The Bertz CT molecular complexity index is 1130. The molecule has 0 bridgehead atoms. The molecule has 0 aliphatic rings. The van der Waals surface area contributed by atoms with Crippen molar-refractivity contribution >= 4 is 34.1 Å². The molecule has 29 heavy (non-hydrogen) atoms. The highest BCUT2D eigenvalue weighted by molar-refractivity contribution is 6.28. The fraction of sp³-hybridized carbons (Fsp3) is 0.222. The Labute approximate surface area is 171 Å². The Morgan fingerprint density at radius 3 is 2.62 bits per heavy atom. The monoisotopic (exact) mass is 412 g/mol. The molecule has 11 heteroatoms. The summed E-state index contributed by atoms with van der Waals surface area (Å²) >= 11 is 6.08. The Kier molecular flexibility index (Phi) is 5.45. The third-order valence-corrected chi connectivity index (χ3v) is 4.17. The van der Waals surface area contributed by atoms with Crippen molar-refractivity contribution in [3.8, 4) is 17.4 Å². The molecule has 10 nitrogen and oxygen atoms in total. The number of pyridine rings is 1. The average molecular weight is 413 g/mol. The summed E-state index contributed by atoms with van der Waals surface area (Å²) in [6, 6.07) is 3.96. The van der Waals surface area contributed by atoms with Gasteiger partial charge in [-0.1, -0.05) is 0 Å². The Morgan fingerprint density at radius 1 is 1.07 bits per heavy atom. The Hall–Kier alpha value is -3.37. The third-order valence-electron chi connectivity index (χ3n) is 4.00. The van der Waals surface area contributed by atoms with Crippen LogP contribution in [0.4, 0.5) is 11.5 Å². The van der Waals surface area contributed by atoms with E-state index in [0.717, 1.165) is 11.4 Å². The lowest BCUT2D eigenvalue weighted by molar-refractivity contribution is 0.141. The molecule has 0 aliphatic carbocycles. The summed E-state index contributed by atoms with van der Waals surface area (Å²) in [4.78, 5) is 25.7. The van der Waals surface area contributed by atoms with Crippen molar-refractivity contribution in [2.75, 3.05) is 25.6 Å². The zero-order valence-electron chi connectivity index (χ0n) is 15.7. The van der Waals surface area contributed by atoms with Crippen molar-refractivity contribution in [3.05, 3.63) is 42.3 Å². The van der Waals surface area contributed by atoms with Gasteiger partial charge in [0.05, 0.1) is 54.1 Å². The van der Waals surface area contributed by atoms with Gasteiger partial charge in [-0.2, -0.15) is 4.98 Å². The largest absolute Gasteiger partial charge is 0.461 e. The van der Waals surface area contributed by atoms with Crippen LogP contribution in [0.5, 0.6) is 6.01 Å². The molecule has 0 amide bonds. The van der Waals surface area contributed by atoms with Gasteiger partial charge in [0.15, 0.2) is 5.82 Å². The first-order chi connectivity index (χ1) is 14.1. The van der Waals surface area contributed by atoms with Gasteiger partial charge in [0.25, 0.3) is 0 Å². The van der Waals surface area contributed by atoms with E-state index in [0.29, 0.717) is 35.8 Å². The van der Waals surface area contributed by atoms with Gasteiger partial charge in [0.2, 0.25) is 5.28 Å². The van der Waals surface area contributed by atoms with E-state index in [1.807, 2.05) is 23.7 Å². The van der Waals surface area contributed by atoms with Crippen molar-refractivity contribution in [1.29, 1.82) is 0 Å². The van der Waals surface area contributed by atoms with Gasteiger partial charge >= 0.3 is 6.01 Å². The number of halogens is 1. The number of hydrogen-bond donors (Lipinski definition) is 1. The topological polar surface area (TPSA) is 113 Å². The van der Waals surface area contributed by atoms with E-state index in [2.05, 4.69) is 30.2 Å². The van der Waals surface area contributed by atoms with Gasteiger partial charge in [-0.25, -0.2) is 24.9 Å². The lowest BCUT2D eigenvalue weighted by Gasteiger charge is -2.10. The first-order valence-corrected chi connectivity index (χ1v) is 9.03. The van der Waals surface area contributed by atoms with E-state index >= 15 is 0 Å². The summed E-state index contributed by atoms with van der Waals surface area (Å²) in [5.41, 5.74) is 3.39. The summed E-state index contributed by atoms with van der Waals surface area (Å²) < 4.78 is 12.2. The van der Waals surface area contributed by atoms with Gasteiger partial charge in [-0.3, -0.25) is 0 Å². The molecular weight excluding hydrogens is 396 g/mol. The van der Waals surface area contributed by atoms with E-state index < -0.39 is 0 Å². The first kappa shape index (κ1) is 19.0. The van der Waals surface area contributed by atoms with Crippen LogP contribution in [-0.2, 0) is 11.8 Å². The number of rotatable bonds is 7. The highest BCUT2D eigenvalue weighted by Crippen LogP contribution is 2.26.